The summed E-state index contributed by atoms with van der Waals surface area (Å²) in [5.41, 5.74) is 2.02. The van der Waals surface area contributed by atoms with Crippen LogP contribution < -0.4 is 0 Å². The first-order chi connectivity index (χ1) is 14.2. The molecule has 1 aliphatic rings. The lowest BCUT2D eigenvalue weighted by Crippen LogP contribution is -2.46. The van der Waals surface area contributed by atoms with Gasteiger partial charge in [-0.25, -0.2) is 4.98 Å². The molecule has 1 aliphatic heterocycles. The molecule has 0 N–H and O–H groups in total. The summed E-state index contributed by atoms with van der Waals surface area (Å²) in [5, 5.41) is 5.07. The molecule has 7 heteroatoms. The third-order valence-electron chi connectivity index (χ3n) is 5.52. The summed E-state index contributed by atoms with van der Waals surface area (Å²) in [4.78, 5) is 27.4. The van der Waals surface area contributed by atoms with Crippen molar-refractivity contribution in [3.05, 3.63) is 58.7 Å². The minimum atomic E-state index is 0.167. The Morgan fingerprint density at radius 1 is 1.17 bits per heavy atom. The second-order valence-corrected chi connectivity index (χ2v) is 9.25. The Kier molecular flexibility index (Phi) is 6.69. The summed E-state index contributed by atoms with van der Waals surface area (Å²) in [6, 6.07) is 10.5. The number of piperidine rings is 1. The molecular weight excluding hydrogens is 400 g/mol. The van der Waals surface area contributed by atoms with E-state index in [-0.39, 0.29) is 5.91 Å². The monoisotopic (exact) mass is 426 g/mol. The van der Waals surface area contributed by atoms with Gasteiger partial charge in [0.1, 0.15) is 5.01 Å². The van der Waals surface area contributed by atoms with E-state index in [1.807, 2.05) is 41.7 Å². The van der Waals surface area contributed by atoms with Crippen LogP contribution in [0.1, 0.15) is 24.2 Å². The third-order valence-corrected chi connectivity index (χ3v) is 7.45. The summed E-state index contributed by atoms with van der Waals surface area (Å²) in [6.07, 6.45) is 5.28. The van der Waals surface area contributed by atoms with E-state index < -0.39 is 0 Å². The van der Waals surface area contributed by atoms with Crippen molar-refractivity contribution in [2.75, 3.05) is 26.7 Å². The van der Waals surface area contributed by atoms with Gasteiger partial charge in [0.25, 0.3) is 0 Å². The SMILES string of the molecule is CN(C(=O)Cc1csc(-c2cccs2)n1)C1CCN(CCc2ccccn2)CC1. The topological polar surface area (TPSA) is 49.3 Å². The van der Waals surface area contributed by atoms with Gasteiger partial charge >= 0.3 is 0 Å². The number of thiazole rings is 1. The molecule has 0 aromatic carbocycles. The highest BCUT2D eigenvalue weighted by atomic mass is 32.1. The van der Waals surface area contributed by atoms with E-state index in [4.69, 9.17) is 0 Å². The van der Waals surface area contributed by atoms with Crippen LogP contribution in [-0.2, 0) is 17.6 Å². The van der Waals surface area contributed by atoms with Gasteiger partial charge in [-0.05, 0) is 36.4 Å². The van der Waals surface area contributed by atoms with Crippen LogP contribution in [0.4, 0.5) is 0 Å². The molecule has 4 heterocycles. The molecule has 3 aromatic heterocycles. The van der Waals surface area contributed by atoms with Gasteiger partial charge in [-0.15, -0.1) is 22.7 Å². The van der Waals surface area contributed by atoms with Crippen molar-refractivity contribution in [1.82, 2.24) is 19.8 Å². The molecule has 1 amide bonds. The van der Waals surface area contributed by atoms with E-state index in [0.717, 1.165) is 55.3 Å². The van der Waals surface area contributed by atoms with Crippen LogP contribution in [0.5, 0.6) is 0 Å². The number of nitrogens with zero attached hydrogens (tertiary/aromatic N) is 4. The highest BCUT2D eigenvalue weighted by molar-refractivity contribution is 7.20. The van der Waals surface area contributed by atoms with Crippen LogP contribution in [0.3, 0.4) is 0 Å². The quantitative estimate of drug-likeness (QED) is 0.574. The molecule has 5 nitrogen and oxygen atoms in total. The highest BCUT2D eigenvalue weighted by Crippen LogP contribution is 2.28. The number of aromatic nitrogens is 2. The lowest BCUT2D eigenvalue weighted by atomic mass is 10.0. The Hall–Kier alpha value is -2.09. The van der Waals surface area contributed by atoms with E-state index in [9.17, 15) is 4.79 Å². The molecule has 0 saturated carbocycles. The van der Waals surface area contributed by atoms with Gasteiger partial charge in [0.15, 0.2) is 0 Å². The van der Waals surface area contributed by atoms with Crippen LogP contribution in [0.25, 0.3) is 9.88 Å². The molecule has 0 atom stereocenters. The lowest BCUT2D eigenvalue weighted by Gasteiger charge is -2.36. The maximum absolute atomic E-state index is 12.8. The number of carbonyl (C=O) groups excluding carboxylic acids is 1. The first-order valence-corrected chi connectivity index (χ1v) is 11.8. The number of pyridine rings is 1. The maximum atomic E-state index is 12.8. The first-order valence-electron chi connectivity index (χ1n) is 10.1. The van der Waals surface area contributed by atoms with Gasteiger partial charge in [-0.2, -0.15) is 0 Å². The third kappa shape index (κ3) is 5.29. The summed E-state index contributed by atoms with van der Waals surface area (Å²) < 4.78 is 0. The van der Waals surface area contributed by atoms with Gasteiger partial charge in [-0.3, -0.25) is 9.78 Å². The second kappa shape index (κ2) is 9.61. The van der Waals surface area contributed by atoms with Crippen molar-refractivity contribution < 1.29 is 4.79 Å². The normalized spacial score (nSPS) is 15.5. The van der Waals surface area contributed by atoms with Crippen molar-refractivity contribution >= 4 is 28.6 Å². The summed E-state index contributed by atoms with van der Waals surface area (Å²) in [6.45, 7) is 3.11. The molecule has 1 saturated heterocycles. The van der Waals surface area contributed by atoms with Gasteiger partial charge in [0.2, 0.25) is 5.91 Å². The zero-order chi connectivity index (χ0) is 20.1. The Bertz CT molecular complexity index is 902. The van der Waals surface area contributed by atoms with E-state index in [0.29, 0.717) is 12.5 Å². The standard InChI is InChI=1S/C22H26N4OS2/c1-25(21(27)15-18-16-29-22(24-18)20-6-4-14-28-20)19-8-12-26(13-9-19)11-7-17-5-2-3-10-23-17/h2-6,10,14,16,19H,7-9,11-13,15H2,1H3. The smallest absolute Gasteiger partial charge is 0.228 e. The number of hydrogen-bond donors (Lipinski definition) is 0. The fraction of sp³-hybridized carbons (Fsp3) is 0.409. The minimum Gasteiger partial charge on any atom is -0.342 e. The number of hydrogen-bond acceptors (Lipinski definition) is 6. The van der Waals surface area contributed by atoms with Crippen molar-refractivity contribution in [3.8, 4) is 9.88 Å². The van der Waals surface area contributed by atoms with Crippen LogP contribution in [0, 0.1) is 0 Å². The molecule has 0 spiro atoms. The average molecular weight is 427 g/mol. The van der Waals surface area contributed by atoms with E-state index in [1.54, 1.807) is 22.7 Å². The Morgan fingerprint density at radius 3 is 2.76 bits per heavy atom. The largest absolute Gasteiger partial charge is 0.342 e. The zero-order valence-corrected chi connectivity index (χ0v) is 18.3. The first kappa shape index (κ1) is 20.2. The van der Waals surface area contributed by atoms with Gasteiger partial charge in [-0.1, -0.05) is 12.1 Å². The maximum Gasteiger partial charge on any atom is 0.228 e. The summed E-state index contributed by atoms with van der Waals surface area (Å²) >= 11 is 3.30. The van der Waals surface area contributed by atoms with E-state index in [1.165, 1.54) is 4.88 Å². The molecule has 3 aromatic rings. The number of rotatable bonds is 7. The van der Waals surface area contributed by atoms with Gasteiger partial charge < -0.3 is 9.80 Å². The number of carbonyl (C=O) groups is 1. The number of thiophene rings is 1. The Balaban J connectivity index is 1.24. The van der Waals surface area contributed by atoms with Crippen molar-refractivity contribution in [1.29, 1.82) is 0 Å². The molecule has 1 fully saturated rings. The molecule has 152 valence electrons. The molecule has 0 aliphatic carbocycles. The molecule has 4 rings (SSSR count). The van der Waals surface area contributed by atoms with Crippen LogP contribution in [-0.4, -0.2) is 58.4 Å². The lowest BCUT2D eigenvalue weighted by molar-refractivity contribution is -0.132. The van der Waals surface area contributed by atoms with E-state index >= 15 is 0 Å². The van der Waals surface area contributed by atoms with Crippen molar-refractivity contribution in [3.63, 3.8) is 0 Å². The minimum absolute atomic E-state index is 0.167. The zero-order valence-electron chi connectivity index (χ0n) is 16.7. The van der Waals surface area contributed by atoms with Crippen LogP contribution >= 0.6 is 22.7 Å². The predicted octanol–water partition coefficient (Wildman–Crippen LogP) is 3.97. The van der Waals surface area contributed by atoms with Gasteiger partial charge in [0.05, 0.1) is 17.0 Å². The summed E-state index contributed by atoms with van der Waals surface area (Å²) in [5.74, 6) is 0.167. The number of likely N-dealkylation sites (N-methyl/N-ethyl adjacent to an activating group) is 1. The van der Waals surface area contributed by atoms with Crippen molar-refractivity contribution in [2.24, 2.45) is 0 Å². The van der Waals surface area contributed by atoms with Gasteiger partial charge in [0, 0.05) is 56.4 Å². The summed E-state index contributed by atoms with van der Waals surface area (Å²) in [7, 11) is 1.95. The van der Waals surface area contributed by atoms with Crippen LogP contribution in [0.2, 0.25) is 0 Å². The average Bonchev–Trinajstić information content (AvgIpc) is 3.45. The molecular formula is C22H26N4OS2. The predicted molar refractivity (Wildman–Crippen MR) is 119 cm³/mol. The van der Waals surface area contributed by atoms with E-state index in [2.05, 4.69) is 32.4 Å². The van der Waals surface area contributed by atoms with Crippen LogP contribution in [0.15, 0.2) is 47.3 Å². The molecule has 29 heavy (non-hydrogen) atoms. The molecule has 0 radical (unpaired) electrons. The van der Waals surface area contributed by atoms with Crippen molar-refractivity contribution in [2.45, 2.75) is 31.7 Å². The number of likely N-dealkylation sites (tertiary alicyclic amines) is 1. The Morgan fingerprint density at radius 2 is 2.03 bits per heavy atom. The highest BCUT2D eigenvalue weighted by Gasteiger charge is 2.25. The molecule has 0 unspecified atom stereocenters. The molecule has 0 bridgehead atoms. The number of amides is 1. The second-order valence-electron chi connectivity index (χ2n) is 7.45. The fourth-order valence-corrected chi connectivity index (χ4v) is 5.37. The Labute approximate surface area is 180 Å². The fourth-order valence-electron chi connectivity index (χ4n) is 3.73.